The van der Waals surface area contributed by atoms with E-state index in [1.807, 2.05) is 10.6 Å². The Labute approximate surface area is 140 Å². The molecule has 2 amide bonds. The monoisotopic (exact) mass is 330 g/mol. The van der Waals surface area contributed by atoms with Gasteiger partial charge in [0, 0.05) is 12.6 Å². The van der Waals surface area contributed by atoms with Gasteiger partial charge in [-0.3, -0.25) is 9.59 Å². The van der Waals surface area contributed by atoms with Crippen molar-refractivity contribution in [2.45, 2.75) is 45.3 Å². The molecule has 0 unspecified atom stereocenters. The lowest BCUT2D eigenvalue weighted by Crippen LogP contribution is -2.46. The quantitative estimate of drug-likeness (QED) is 0.877. The number of carbonyl (C=O) groups excluding carboxylic acids is 2. The molecule has 0 fully saturated rings. The molecule has 0 saturated heterocycles. The van der Waals surface area contributed by atoms with Crippen LogP contribution in [0.5, 0.6) is 0 Å². The highest BCUT2D eigenvalue weighted by Gasteiger charge is 2.32. The number of fused-ring (bicyclic) bond motifs is 1. The summed E-state index contributed by atoms with van der Waals surface area (Å²) in [5, 5.41) is 2.87. The van der Waals surface area contributed by atoms with Gasteiger partial charge in [-0.15, -0.1) is 0 Å². The minimum Gasteiger partial charge on any atom is -0.467 e. The van der Waals surface area contributed by atoms with E-state index in [-0.39, 0.29) is 11.8 Å². The van der Waals surface area contributed by atoms with Gasteiger partial charge >= 0.3 is 0 Å². The first-order valence-electron chi connectivity index (χ1n) is 8.27. The number of imidazole rings is 1. The van der Waals surface area contributed by atoms with Gasteiger partial charge in [-0.25, -0.2) is 4.98 Å². The smallest absolute Gasteiger partial charge is 0.245 e. The Morgan fingerprint density at radius 1 is 1.46 bits per heavy atom. The topological polar surface area (TPSA) is 80.4 Å². The van der Waals surface area contributed by atoms with Crippen molar-refractivity contribution in [1.29, 1.82) is 0 Å². The number of amides is 2. The molecule has 1 N–H and O–H groups in total. The van der Waals surface area contributed by atoms with Crippen LogP contribution in [0, 0.1) is 0 Å². The number of aromatic nitrogens is 2. The predicted molar refractivity (Wildman–Crippen MR) is 86.8 cm³/mol. The molecule has 0 bridgehead atoms. The highest BCUT2D eigenvalue weighted by atomic mass is 16.3. The van der Waals surface area contributed by atoms with Gasteiger partial charge in [-0.2, -0.15) is 0 Å². The van der Waals surface area contributed by atoms with Crippen LogP contribution >= 0.6 is 0 Å². The Kier molecular flexibility index (Phi) is 4.98. The molecule has 0 saturated carbocycles. The number of hydrogen-bond acceptors (Lipinski definition) is 4. The first-order chi connectivity index (χ1) is 11.7. The Bertz CT molecular complexity index is 693. The first-order valence-corrected chi connectivity index (χ1v) is 8.27. The maximum absolute atomic E-state index is 12.6. The fraction of sp³-hybridized carbons (Fsp3) is 0.471. The van der Waals surface area contributed by atoms with E-state index >= 15 is 0 Å². The molecule has 7 nitrogen and oxygen atoms in total. The molecule has 3 heterocycles. The molecule has 24 heavy (non-hydrogen) atoms. The van der Waals surface area contributed by atoms with E-state index in [4.69, 9.17) is 4.42 Å². The number of nitrogens with zero attached hydrogens (tertiary/aromatic N) is 3. The predicted octanol–water partition coefficient (Wildman–Crippen LogP) is 1.87. The van der Waals surface area contributed by atoms with E-state index in [0.717, 1.165) is 18.5 Å². The van der Waals surface area contributed by atoms with Crippen LogP contribution < -0.4 is 5.32 Å². The third-order valence-corrected chi connectivity index (χ3v) is 4.24. The zero-order valence-electron chi connectivity index (χ0n) is 13.8. The number of nitrogens with one attached hydrogen (secondary N) is 1. The molecule has 0 radical (unpaired) electrons. The zero-order chi connectivity index (χ0) is 16.9. The van der Waals surface area contributed by atoms with E-state index in [9.17, 15) is 9.59 Å². The molecule has 2 aromatic heterocycles. The van der Waals surface area contributed by atoms with Crippen LogP contribution in [0.15, 0.2) is 35.3 Å². The summed E-state index contributed by atoms with van der Waals surface area (Å²) >= 11 is 0. The maximum atomic E-state index is 12.6. The fourth-order valence-corrected chi connectivity index (χ4v) is 2.88. The number of furan rings is 1. The lowest BCUT2D eigenvalue weighted by Gasteiger charge is -2.33. The maximum Gasteiger partial charge on any atom is 0.245 e. The highest BCUT2D eigenvalue weighted by molar-refractivity contribution is 5.82. The molecule has 1 aliphatic heterocycles. The number of carbonyl (C=O) groups is 2. The van der Waals surface area contributed by atoms with Crippen molar-refractivity contribution in [1.82, 2.24) is 19.8 Å². The molecule has 2 aromatic rings. The summed E-state index contributed by atoms with van der Waals surface area (Å²) in [4.78, 5) is 30.8. The second-order valence-electron chi connectivity index (χ2n) is 5.98. The fourth-order valence-electron chi connectivity index (χ4n) is 2.88. The lowest BCUT2D eigenvalue weighted by atomic mass is 10.1. The third-order valence-electron chi connectivity index (χ3n) is 4.24. The molecule has 128 valence electrons. The molecule has 0 spiro atoms. The lowest BCUT2D eigenvalue weighted by molar-refractivity contribution is -0.135. The largest absolute Gasteiger partial charge is 0.467 e. The number of rotatable bonds is 6. The van der Waals surface area contributed by atoms with Crippen LogP contribution in [0.4, 0.5) is 0 Å². The van der Waals surface area contributed by atoms with Gasteiger partial charge in [0.25, 0.3) is 0 Å². The summed E-state index contributed by atoms with van der Waals surface area (Å²) in [5.74, 6) is 0.646. The third kappa shape index (κ3) is 3.50. The molecule has 1 atom stereocenters. The van der Waals surface area contributed by atoms with Gasteiger partial charge in [0.15, 0.2) is 0 Å². The Morgan fingerprint density at radius 2 is 2.33 bits per heavy atom. The number of hydrogen-bond donors (Lipinski definition) is 1. The summed E-state index contributed by atoms with van der Waals surface area (Å²) < 4.78 is 7.08. The van der Waals surface area contributed by atoms with Crippen molar-refractivity contribution in [2.24, 2.45) is 0 Å². The van der Waals surface area contributed by atoms with Gasteiger partial charge in [0.1, 0.15) is 11.8 Å². The average Bonchev–Trinajstić information content (AvgIpc) is 3.27. The first kappa shape index (κ1) is 16.3. The molecular formula is C17H22N4O3. The van der Waals surface area contributed by atoms with Crippen molar-refractivity contribution in [3.8, 4) is 0 Å². The average molecular weight is 330 g/mol. The summed E-state index contributed by atoms with van der Waals surface area (Å²) in [7, 11) is 0. The van der Waals surface area contributed by atoms with Gasteiger partial charge in [0.2, 0.25) is 11.8 Å². The van der Waals surface area contributed by atoms with E-state index in [2.05, 4.69) is 17.2 Å². The second-order valence-corrected chi connectivity index (χ2v) is 5.98. The normalized spacial score (nSPS) is 16.7. The van der Waals surface area contributed by atoms with Crippen LogP contribution in [0.25, 0.3) is 0 Å². The van der Waals surface area contributed by atoms with Crippen molar-refractivity contribution >= 4 is 11.8 Å². The van der Waals surface area contributed by atoms with Gasteiger partial charge < -0.3 is 19.2 Å². The molecule has 7 heteroatoms. The second kappa shape index (κ2) is 7.33. The minimum atomic E-state index is -0.461. The SMILES string of the molecule is CCCCC(=O)N1Cc2cncn2[C@@H](C(=O)NCc2ccco2)C1. The van der Waals surface area contributed by atoms with Crippen molar-refractivity contribution in [3.63, 3.8) is 0 Å². The molecule has 0 aliphatic carbocycles. The molecule has 1 aliphatic rings. The Hall–Kier alpha value is -2.57. The Balaban J connectivity index is 1.69. The van der Waals surface area contributed by atoms with Crippen LogP contribution in [0.3, 0.4) is 0 Å². The number of unbranched alkanes of at least 4 members (excludes halogenated alkanes) is 1. The van der Waals surface area contributed by atoms with E-state index < -0.39 is 6.04 Å². The van der Waals surface area contributed by atoms with Crippen molar-refractivity contribution in [2.75, 3.05) is 6.54 Å². The van der Waals surface area contributed by atoms with Crippen molar-refractivity contribution < 1.29 is 14.0 Å². The van der Waals surface area contributed by atoms with Crippen LogP contribution in [-0.4, -0.2) is 32.8 Å². The zero-order valence-corrected chi connectivity index (χ0v) is 13.8. The van der Waals surface area contributed by atoms with Gasteiger partial charge in [0.05, 0.1) is 37.9 Å². The summed E-state index contributed by atoms with van der Waals surface area (Å²) in [6.07, 6.45) is 7.30. The van der Waals surface area contributed by atoms with E-state index in [0.29, 0.717) is 31.8 Å². The summed E-state index contributed by atoms with van der Waals surface area (Å²) in [5.41, 5.74) is 0.879. The van der Waals surface area contributed by atoms with Crippen molar-refractivity contribution in [3.05, 3.63) is 42.4 Å². The summed E-state index contributed by atoms with van der Waals surface area (Å²) in [6, 6.07) is 3.13. The van der Waals surface area contributed by atoms with E-state index in [1.54, 1.807) is 29.8 Å². The van der Waals surface area contributed by atoms with Crippen LogP contribution in [0.1, 0.15) is 43.7 Å². The Morgan fingerprint density at radius 3 is 3.08 bits per heavy atom. The highest BCUT2D eigenvalue weighted by Crippen LogP contribution is 2.22. The van der Waals surface area contributed by atoms with E-state index in [1.165, 1.54) is 0 Å². The summed E-state index contributed by atoms with van der Waals surface area (Å²) in [6.45, 7) is 3.26. The molecule has 3 rings (SSSR count). The minimum absolute atomic E-state index is 0.0909. The van der Waals surface area contributed by atoms with Gasteiger partial charge in [-0.1, -0.05) is 13.3 Å². The molecular weight excluding hydrogens is 308 g/mol. The van der Waals surface area contributed by atoms with Gasteiger partial charge in [-0.05, 0) is 18.6 Å². The van der Waals surface area contributed by atoms with Crippen LogP contribution in [-0.2, 0) is 22.7 Å². The standard InChI is InChI=1S/C17H22N4O3/c1-2-3-6-16(22)20-10-13-8-18-12-21(13)15(11-20)17(23)19-9-14-5-4-7-24-14/h4-5,7-8,12,15H,2-3,6,9-11H2,1H3,(H,19,23)/t15-/m1/s1. The molecule has 0 aromatic carbocycles. The van der Waals surface area contributed by atoms with Crippen LogP contribution in [0.2, 0.25) is 0 Å².